The van der Waals surface area contributed by atoms with E-state index < -0.39 is 11.7 Å². The van der Waals surface area contributed by atoms with Crippen LogP contribution in [0.4, 0.5) is 18.3 Å². The smallest absolute Gasteiger partial charge is 0.416 e. The zero-order valence-corrected chi connectivity index (χ0v) is 13.8. The van der Waals surface area contributed by atoms with Crippen molar-refractivity contribution < 1.29 is 18.3 Å². The number of aromatic hydroxyl groups is 1. The summed E-state index contributed by atoms with van der Waals surface area (Å²) < 4.78 is 38.8. The first kappa shape index (κ1) is 17.3. The third-order valence-corrected chi connectivity index (χ3v) is 4.58. The Labute approximate surface area is 146 Å². The number of benzene rings is 2. The molecule has 130 valence electrons. The van der Waals surface area contributed by atoms with Crippen LogP contribution in [0.25, 0.3) is 0 Å². The number of alkyl halides is 3. The Morgan fingerprint density at radius 2 is 1.84 bits per heavy atom. The topological polar surface area (TPSA) is 59.1 Å². The molecule has 2 aromatic carbocycles. The molecule has 0 saturated carbocycles. The van der Waals surface area contributed by atoms with Gasteiger partial charge < -0.3 is 10.8 Å². The number of halogens is 3. The number of phenols is 1. The zero-order valence-electron chi connectivity index (χ0n) is 13.0. The number of phenolic OH excluding ortho intramolecular Hbond substituents is 1. The maximum Gasteiger partial charge on any atom is 0.416 e. The van der Waals surface area contributed by atoms with Crippen LogP contribution in [0.3, 0.4) is 0 Å². The summed E-state index contributed by atoms with van der Waals surface area (Å²) in [6, 6.07) is 11.9. The molecule has 7 heteroatoms. The van der Waals surface area contributed by atoms with Crippen LogP contribution in [0.1, 0.15) is 28.3 Å². The van der Waals surface area contributed by atoms with Crippen LogP contribution < -0.4 is 5.73 Å². The molecule has 0 bridgehead atoms. The summed E-state index contributed by atoms with van der Waals surface area (Å²) in [5, 5.41) is 11.7. The predicted molar refractivity (Wildman–Crippen MR) is 91.6 cm³/mol. The molecule has 3 rings (SSSR count). The molecule has 1 unspecified atom stereocenters. The molecule has 0 fully saturated rings. The Kier molecular flexibility index (Phi) is 4.67. The lowest BCUT2D eigenvalue weighted by atomic mass is 9.89. The van der Waals surface area contributed by atoms with Gasteiger partial charge in [-0.15, -0.1) is 11.3 Å². The molecule has 25 heavy (non-hydrogen) atoms. The van der Waals surface area contributed by atoms with Gasteiger partial charge in [0.15, 0.2) is 5.13 Å². The summed E-state index contributed by atoms with van der Waals surface area (Å²) in [5.74, 6) is -0.128. The summed E-state index contributed by atoms with van der Waals surface area (Å²) in [6.07, 6.45) is -4.03. The zero-order chi connectivity index (χ0) is 18.0. The highest BCUT2D eigenvalue weighted by Gasteiger charge is 2.30. The summed E-state index contributed by atoms with van der Waals surface area (Å²) in [4.78, 5) is 4.29. The monoisotopic (exact) mass is 364 g/mol. The largest absolute Gasteiger partial charge is 0.508 e. The van der Waals surface area contributed by atoms with Crippen molar-refractivity contribution in [2.45, 2.75) is 18.5 Å². The normalized spacial score (nSPS) is 12.9. The van der Waals surface area contributed by atoms with Crippen LogP contribution in [0, 0.1) is 0 Å². The van der Waals surface area contributed by atoms with Crippen LogP contribution in [0.5, 0.6) is 5.75 Å². The molecule has 3 aromatic rings. The maximum atomic E-state index is 12.9. The average Bonchev–Trinajstić information content (AvgIpc) is 2.99. The Bertz CT molecular complexity index is 859. The standard InChI is InChI=1S/C18H15F3N2OS/c19-18(20,21)13-3-1-2-11(8-13)9-15(16-10-25-17(22)23-16)12-4-6-14(24)7-5-12/h1-8,10,15,24H,9H2,(H2,22,23). The van der Waals surface area contributed by atoms with E-state index in [-0.39, 0.29) is 11.7 Å². The van der Waals surface area contributed by atoms with Crippen molar-refractivity contribution in [1.82, 2.24) is 4.98 Å². The fraction of sp³-hybridized carbons (Fsp3) is 0.167. The van der Waals surface area contributed by atoms with Crippen molar-refractivity contribution in [3.8, 4) is 5.75 Å². The Morgan fingerprint density at radius 3 is 2.44 bits per heavy atom. The molecule has 0 amide bonds. The van der Waals surface area contributed by atoms with Crippen LogP contribution >= 0.6 is 11.3 Å². The minimum absolute atomic E-state index is 0.124. The molecule has 0 saturated heterocycles. The van der Waals surface area contributed by atoms with Crippen molar-refractivity contribution in [2.24, 2.45) is 0 Å². The third-order valence-electron chi connectivity index (χ3n) is 3.89. The van der Waals surface area contributed by atoms with E-state index in [9.17, 15) is 18.3 Å². The molecular formula is C18H15F3N2OS. The lowest BCUT2D eigenvalue weighted by Gasteiger charge is -2.17. The second kappa shape index (κ2) is 6.76. The minimum Gasteiger partial charge on any atom is -0.508 e. The molecular weight excluding hydrogens is 349 g/mol. The summed E-state index contributed by atoms with van der Waals surface area (Å²) in [6.45, 7) is 0. The van der Waals surface area contributed by atoms with Gasteiger partial charge in [-0.1, -0.05) is 30.3 Å². The first-order valence-corrected chi connectivity index (χ1v) is 8.37. The van der Waals surface area contributed by atoms with Crippen LogP contribution in [-0.4, -0.2) is 10.1 Å². The van der Waals surface area contributed by atoms with E-state index in [1.54, 1.807) is 35.7 Å². The van der Waals surface area contributed by atoms with Gasteiger partial charge in [0.05, 0.1) is 11.3 Å². The van der Waals surface area contributed by atoms with E-state index in [0.29, 0.717) is 22.8 Å². The molecule has 0 spiro atoms. The highest BCUT2D eigenvalue weighted by Crippen LogP contribution is 2.34. The number of thiazole rings is 1. The van der Waals surface area contributed by atoms with Gasteiger partial charge in [0.25, 0.3) is 0 Å². The van der Waals surface area contributed by atoms with Gasteiger partial charge in [0.1, 0.15) is 5.75 Å². The highest BCUT2D eigenvalue weighted by atomic mass is 32.1. The molecule has 0 aliphatic rings. The quantitative estimate of drug-likeness (QED) is 0.697. The minimum atomic E-state index is -4.38. The van der Waals surface area contributed by atoms with E-state index in [2.05, 4.69) is 4.98 Å². The van der Waals surface area contributed by atoms with Crippen molar-refractivity contribution in [2.75, 3.05) is 5.73 Å². The molecule has 3 N–H and O–H groups in total. The van der Waals surface area contributed by atoms with E-state index in [4.69, 9.17) is 5.73 Å². The lowest BCUT2D eigenvalue weighted by Crippen LogP contribution is -2.09. The first-order chi connectivity index (χ1) is 11.8. The molecule has 3 nitrogen and oxygen atoms in total. The lowest BCUT2D eigenvalue weighted by molar-refractivity contribution is -0.137. The average molecular weight is 364 g/mol. The number of anilines is 1. The maximum absolute atomic E-state index is 12.9. The third kappa shape index (κ3) is 4.11. The molecule has 0 aliphatic carbocycles. The number of rotatable bonds is 4. The number of nitrogens with zero attached hydrogens (tertiary/aromatic N) is 1. The van der Waals surface area contributed by atoms with E-state index in [0.717, 1.165) is 17.7 Å². The van der Waals surface area contributed by atoms with Gasteiger partial charge in [-0.2, -0.15) is 13.2 Å². The van der Waals surface area contributed by atoms with Gasteiger partial charge in [-0.3, -0.25) is 0 Å². The van der Waals surface area contributed by atoms with Gasteiger partial charge in [-0.25, -0.2) is 4.98 Å². The molecule has 1 atom stereocenters. The Hall–Kier alpha value is -2.54. The van der Waals surface area contributed by atoms with Crippen LogP contribution in [0.2, 0.25) is 0 Å². The number of nitrogen functional groups attached to an aromatic ring is 1. The fourth-order valence-electron chi connectivity index (χ4n) is 2.67. The second-order valence-electron chi connectivity index (χ2n) is 5.66. The van der Waals surface area contributed by atoms with Crippen molar-refractivity contribution in [1.29, 1.82) is 0 Å². The van der Waals surface area contributed by atoms with Gasteiger partial charge >= 0.3 is 6.18 Å². The van der Waals surface area contributed by atoms with Gasteiger partial charge in [0, 0.05) is 11.3 Å². The molecule has 0 radical (unpaired) electrons. The number of hydrogen-bond donors (Lipinski definition) is 2. The summed E-state index contributed by atoms with van der Waals surface area (Å²) in [5.41, 5.74) is 7.14. The predicted octanol–water partition coefficient (Wildman–Crippen LogP) is 4.82. The molecule has 1 aromatic heterocycles. The van der Waals surface area contributed by atoms with E-state index >= 15 is 0 Å². The first-order valence-electron chi connectivity index (χ1n) is 7.49. The SMILES string of the molecule is Nc1nc(C(Cc2cccc(C(F)(F)F)c2)c2ccc(O)cc2)cs1. The fourth-order valence-corrected chi connectivity index (χ4v) is 3.29. The van der Waals surface area contributed by atoms with Crippen molar-refractivity contribution in [3.63, 3.8) is 0 Å². The molecule has 1 heterocycles. The van der Waals surface area contributed by atoms with Gasteiger partial charge in [0.2, 0.25) is 0 Å². The van der Waals surface area contributed by atoms with Crippen LogP contribution in [-0.2, 0) is 12.6 Å². The summed E-state index contributed by atoms with van der Waals surface area (Å²) >= 11 is 1.29. The number of aromatic nitrogens is 1. The second-order valence-corrected chi connectivity index (χ2v) is 6.55. The van der Waals surface area contributed by atoms with Crippen molar-refractivity contribution >= 4 is 16.5 Å². The highest BCUT2D eigenvalue weighted by molar-refractivity contribution is 7.13. The number of nitrogens with two attached hydrogens (primary N) is 1. The summed E-state index contributed by atoms with van der Waals surface area (Å²) in [7, 11) is 0. The van der Waals surface area contributed by atoms with Crippen LogP contribution in [0.15, 0.2) is 53.9 Å². The Balaban J connectivity index is 1.97. The van der Waals surface area contributed by atoms with E-state index in [1.165, 1.54) is 17.4 Å². The number of hydrogen-bond acceptors (Lipinski definition) is 4. The Morgan fingerprint density at radius 1 is 1.12 bits per heavy atom. The van der Waals surface area contributed by atoms with Gasteiger partial charge in [-0.05, 0) is 35.7 Å². The van der Waals surface area contributed by atoms with Crippen molar-refractivity contribution in [3.05, 3.63) is 76.3 Å². The van der Waals surface area contributed by atoms with E-state index in [1.807, 2.05) is 0 Å². The molecule has 0 aliphatic heterocycles.